The van der Waals surface area contributed by atoms with Crippen molar-refractivity contribution in [1.29, 1.82) is 0 Å². The van der Waals surface area contributed by atoms with Crippen LogP contribution in [-0.2, 0) is 9.53 Å². The van der Waals surface area contributed by atoms with E-state index < -0.39 is 23.8 Å². The lowest BCUT2D eigenvalue weighted by molar-refractivity contribution is -0.157. The van der Waals surface area contributed by atoms with E-state index in [1.807, 2.05) is 0 Å². The van der Waals surface area contributed by atoms with Crippen molar-refractivity contribution in [1.82, 2.24) is 0 Å². The monoisotopic (exact) mass is 278 g/mol. The third kappa shape index (κ3) is 4.55. The van der Waals surface area contributed by atoms with Crippen LogP contribution in [0.1, 0.15) is 46.5 Å². The maximum absolute atomic E-state index is 12.3. The van der Waals surface area contributed by atoms with Crippen LogP contribution in [0.2, 0.25) is 0 Å². The predicted molar refractivity (Wildman–Crippen MR) is 66.5 cm³/mol. The summed E-state index contributed by atoms with van der Waals surface area (Å²) in [7, 11) is 0. The summed E-state index contributed by atoms with van der Waals surface area (Å²) in [4.78, 5) is 11.3. The van der Waals surface area contributed by atoms with Crippen molar-refractivity contribution >= 4 is 5.97 Å². The van der Waals surface area contributed by atoms with Gasteiger partial charge in [0.1, 0.15) is 11.7 Å². The molecule has 1 saturated carbocycles. The number of esters is 1. The molecule has 0 unspecified atom stereocenters. The Morgan fingerprint density at radius 2 is 1.58 bits per heavy atom. The van der Waals surface area contributed by atoms with E-state index in [0.29, 0.717) is 18.8 Å². The van der Waals surface area contributed by atoms with Gasteiger partial charge in [0.2, 0.25) is 0 Å². The molecule has 0 spiro atoms. The quantitative estimate of drug-likeness (QED) is 0.557. The van der Waals surface area contributed by atoms with Crippen molar-refractivity contribution < 1.29 is 22.7 Å². The molecule has 0 radical (unpaired) electrons. The van der Waals surface area contributed by atoms with Crippen molar-refractivity contribution in [3.63, 3.8) is 0 Å². The SMILES string of the molecule is C=C(C(=O)OC1CCC(C(C)(C)C)CC1)C(F)(F)F. The van der Waals surface area contributed by atoms with Crippen LogP contribution < -0.4 is 0 Å². The Labute approximate surface area is 112 Å². The minimum atomic E-state index is -4.71. The molecule has 110 valence electrons. The number of rotatable bonds is 2. The van der Waals surface area contributed by atoms with Crippen LogP contribution in [0.5, 0.6) is 0 Å². The third-order valence-corrected chi connectivity index (χ3v) is 3.76. The Morgan fingerprint density at radius 3 is 1.95 bits per heavy atom. The average Bonchev–Trinajstić information content (AvgIpc) is 2.26. The summed E-state index contributed by atoms with van der Waals surface area (Å²) in [6.07, 6.45) is -2.12. The highest BCUT2D eigenvalue weighted by Gasteiger charge is 2.39. The Hall–Kier alpha value is -1.00. The summed E-state index contributed by atoms with van der Waals surface area (Å²) in [6, 6.07) is 0. The normalized spacial score (nSPS) is 24.9. The first kappa shape index (κ1) is 16.1. The minimum Gasteiger partial charge on any atom is -0.459 e. The molecular weight excluding hydrogens is 257 g/mol. The third-order valence-electron chi connectivity index (χ3n) is 3.76. The predicted octanol–water partition coefficient (Wildman–Crippen LogP) is 4.25. The molecule has 1 aliphatic carbocycles. The molecule has 1 aliphatic rings. The van der Waals surface area contributed by atoms with Crippen LogP contribution in [0.3, 0.4) is 0 Å². The highest BCUT2D eigenvalue weighted by atomic mass is 19.4. The van der Waals surface area contributed by atoms with Gasteiger partial charge in [0.05, 0.1) is 0 Å². The Bertz CT molecular complexity index is 345. The first-order valence-electron chi connectivity index (χ1n) is 6.49. The zero-order valence-electron chi connectivity index (χ0n) is 11.6. The molecule has 2 nitrogen and oxygen atoms in total. The summed E-state index contributed by atoms with van der Waals surface area (Å²) in [5, 5.41) is 0. The van der Waals surface area contributed by atoms with Crippen molar-refractivity contribution in [2.45, 2.75) is 58.7 Å². The van der Waals surface area contributed by atoms with E-state index in [0.717, 1.165) is 12.8 Å². The lowest BCUT2D eigenvalue weighted by Crippen LogP contribution is -2.32. The number of carbonyl (C=O) groups is 1. The Morgan fingerprint density at radius 1 is 1.11 bits per heavy atom. The van der Waals surface area contributed by atoms with Gasteiger partial charge in [-0.15, -0.1) is 0 Å². The fourth-order valence-electron chi connectivity index (χ4n) is 2.38. The van der Waals surface area contributed by atoms with Gasteiger partial charge in [0, 0.05) is 0 Å². The highest BCUT2D eigenvalue weighted by molar-refractivity contribution is 5.89. The van der Waals surface area contributed by atoms with E-state index in [2.05, 4.69) is 27.4 Å². The van der Waals surface area contributed by atoms with Crippen LogP contribution in [0.4, 0.5) is 13.2 Å². The van der Waals surface area contributed by atoms with Crippen LogP contribution in [0.15, 0.2) is 12.2 Å². The van der Waals surface area contributed by atoms with Crippen molar-refractivity contribution in [3.8, 4) is 0 Å². The van der Waals surface area contributed by atoms with E-state index in [1.54, 1.807) is 0 Å². The summed E-state index contributed by atoms with van der Waals surface area (Å²) in [5.41, 5.74) is -1.24. The molecule has 19 heavy (non-hydrogen) atoms. The standard InChI is InChI=1S/C14H21F3O2/c1-9(14(15,16)17)12(18)19-11-7-5-10(6-8-11)13(2,3)4/h10-11H,1,5-8H2,2-4H3. The van der Waals surface area contributed by atoms with Gasteiger partial charge in [-0.25, -0.2) is 4.79 Å². The molecule has 0 N–H and O–H groups in total. The second-order valence-electron chi connectivity index (χ2n) is 6.22. The zero-order valence-corrected chi connectivity index (χ0v) is 11.6. The Kier molecular flexibility index (Phi) is 4.69. The molecule has 0 amide bonds. The smallest absolute Gasteiger partial charge is 0.422 e. The van der Waals surface area contributed by atoms with Crippen molar-refractivity contribution in [2.75, 3.05) is 0 Å². The van der Waals surface area contributed by atoms with Gasteiger partial charge >= 0.3 is 12.1 Å². The number of halogens is 3. The fraction of sp³-hybridized carbons (Fsp3) is 0.786. The number of ether oxygens (including phenoxy) is 1. The topological polar surface area (TPSA) is 26.3 Å². The van der Waals surface area contributed by atoms with Gasteiger partial charge in [0.25, 0.3) is 0 Å². The molecule has 5 heteroatoms. The second kappa shape index (κ2) is 5.55. The molecule has 0 aromatic heterocycles. The van der Waals surface area contributed by atoms with Gasteiger partial charge in [-0.05, 0) is 37.0 Å². The number of hydrogen-bond donors (Lipinski definition) is 0. The van der Waals surface area contributed by atoms with Gasteiger partial charge < -0.3 is 4.74 Å². The maximum Gasteiger partial charge on any atom is 0.422 e. The molecular formula is C14H21F3O2. The molecule has 0 bridgehead atoms. The Balaban J connectivity index is 2.46. The van der Waals surface area contributed by atoms with Gasteiger partial charge in [-0.1, -0.05) is 27.4 Å². The second-order valence-corrected chi connectivity index (χ2v) is 6.22. The van der Waals surface area contributed by atoms with Crippen molar-refractivity contribution in [3.05, 3.63) is 12.2 Å². The summed E-state index contributed by atoms with van der Waals surface area (Å²) in [5.74, 6) is -0.819. The summed E-state index contributed by atoms with van der Waals surface area (Å²) >= 11 is 0. The van der Waals surface area contributed by atoms with E-state index in [9.17, 15) is 18.0 Å². The minimum absolute atomic E-state index is 0.185. The van der Waals surface area contributed by atoms with Crippen LogP contribution in [-0.4, -0.2) is 18.2 Å². The van der Waals surface area contributed by atoms with Crippen LogP contribution in [0.25, 0.3) is 0 Å². The maximum atomic E-state index is 12.3. The first-order valence-corrected chi connectivity index (χ1v) is 6.49. The lowest BCUT2D eigenvalue weighted by atomic mass is 9.72. The molecule has 0 aliphatic heterocycles. The molecule has 1 fully saturated rings. The van der Waals surface area contributed by atoms with Crippen molar-refractivity contribution in [2.24, 2.45) is 11.3 Å². The molecule has 0 aromatic rings. The van der Waals surface area contributed by atoms with Gasteiger partial charge in [0.15, 0.2) is 0 Å². The fourth-order valence-corrected chi connectivity index (χ4v) is 2.38. The molecule has 0 heterocycles. The molecule has 0 saturated heterocycles. The van der Waals surface area contributed by atoms with Crippen LogP contribution in [0, 0.1) is 11.3 Å². The largest absolute Gasteiger partial charge is 0.459 e. The molecule has 0 atom stereocenters. The lowest BCUT2D eigenvalue weighted by Gasteiger charge is -2.36. The highest BCUT2D eigenvalue weighted by Crippen LogP contribution is 2.38. The average molecular weight is 278 g/mol. The van der Waals surface area contributed by atoms with E-state index in [1.165, 1.54) is 0 Å². The van der Waals surface area contributed by atoms with Gasteiger partial charge in [-0.2, -0.15) is 13.2 Å². The van der Waals surface area contributed by atoms with Gasteiger partial charge in [-0.3, -0.25) is 0 Å². The van der Waals surface area contributed by atoms with E-state index >= 15 is 0 Å². The number of alkyl halides is 3. The van der Waals surface area contributed by atoms with E-state index in [-0.39, 0.29) is 5.41 Å². The number of carbonyl (C=O) groups excluding carboxylic acids is 1. The molecule has 1 rings (SSSR count). The summed E-state index contributed by atoms with van der Waals surface area (Å²) < 4.78 is 41.7. The summed E-state index contributed by atoms with van der Waals surface area (Å²) in [6.45, 7) is 9.19. The van der Waals surface area contributed by atoms with Crippen LogP contribution >= 0.6 is 0 Å². The molecule has 0 aromatic carbocycles. The zero-order chi connectivity index (χ0) is 14.8. The van der Waals surface area contributed by atoms with E-state index in [4.69, 9.17) is 4.74 Å². The first-order chi connectivity index (χ1) is 8.51. The number of hydrogen-bond acceptors (Lipinski definition) is 2.